The van der Waals surface area contributed by atoms with E-state index in [0.717, 1.165) is 11.1 Å². The first-order chi connectivity index (χ1) is 9.49. The van der Waals surface area contributed by atoms with Crippen LogP contribution < -0.4 is 5.32 Å². The van der Waals surface area contributed by atoms with E-state index in [2.05, 4.69) is 5.32 Å². The molecule has 2 aromatic rings. The Labute approximate surface area is 122 Å². The van der Waals surface area contributed by atoms with Gasteiger partial charge in [-0.05, 0) is 31.0 Å². The molecule has 104 valence electrons. The first-order valence-electron chi connectivity index (χ1n) is 6.25. The lowest BCUT2D eigenvalue weighted by Gasteiger charge is -2.18. The maximum absolute atomic E-state index is 10.8. The summed E-state index contributed by atoms with van der Waals surface area (Å²) < 4.78 is 0. The predicted octanol–water partition coefficient (Wildman–Crippen LogP) is 4.73. The number of aryl methyl sites for hydroxylation is 1. The van der Waals surface area contributed by atoms with Gasteiger partial charge in [0.05, 0.1) is 15.6 Å². The molecule has 5 heteroatoms. The summed E-state index contributed by atoms with van der Waals surface area (Å²) in [6.45, 7) is 4.03. The van der Waals surface area contributed by atoms with Gasteiger partial charge in [0.15, 0.2) is 0 Å². The standard InChI is InChI=1S/C15H15ClN2O2/c1-10-5-3-4-6-13(10)11(2)17-15-9-12(18(19)20)7-8-14(15)16/h3-9,11,17H,1-2H3. The SMILES string of the molecule is Cc1ccccc1C(C)Nc1cc([N+](=O)[O-])ccc1Cl. The first-order valence-corrected chi connectivity index (χ1v) is 6.63. The number of nitro groups is 1. The highest BCUT2D eigenvalue weighted by Crippen LogP contribution is 2.30. The Morgan fingerprint density at radius 3 is 2.60 bits per heavy atom. The van der Waals surface area contributed by atoms with Crippen LogP contribution in [-0.2, 0) is 0 Å². The summed E-state index contributed by atoms with van der Waals surface area (Å²) in [5.74, 6) is 0. The zero-order valence-electron chi connectivity index (χ0n) is 11.3. The molecule has 0 radical (unpaired) electrons. The van der Waals surface area contributed by atoms with Crippen LogP contribution in [0.25, 0.3) is 0 Å². The van der Waals surface area contributed by atoms with Crippen molar-refractivity contribution in [3.8, 4) is 0 Å². The first kappa shape index (κ1) is 14.3. The highest BCUT2D eigenvalue weighted by molar-refractivity contribution is 6.33. The molecule has 0 heterocycles. The average molecular weight is 291 g/mol. The van der Waals surface area contributed by atoms with Crippen molar-refractivity contribution in [1.29, 1.82) is 0 Å². The molecular weight excluding hydrogens is 276 g/mol. The second kappa shape index (κ2) is 5.92. The van der Waals surface area contributed by atoms with E-state index >= 15 is 0 Å². The zero-order valence-corrected chi connectivity index (χ0v) is 12.0. The molecule has 1 N–H and O–H groups in total. The lowest BCUT2D eigenvalue weighted by molar-refractivity contribution is -0.384. The third-order valence-corrected chi connectivity index (χ3v) is 3.52. The summed E-state index contributed by atoms with van der Waals surface area (Å²) in [6.07, 6.45) is 0. The fraction of sp³-hybridized carbons (Fsp3) is 0.200. The van der Waals surface area contributed by atoms with E-state index in [0.29, 0.717) is 10.7 Å². The summed E-state index contributed by atoms with van der Waals surface area (Å²) >= 11 is 6.09. The van der Waals surface area contributed by atoms with Gasteiger partial charge in [0.25, 0.3) is 5.69 Å². The minimum Gasteiger partial charge on any atom is -0.377 e. The van der Waals surface area contributed by atoms with E-state index in [-0.39, 0.29) is 11.7 Å². The molecule has 2 aromatic carbocycles. The molecule has 20 heavy (non-hydrogen) atoms. The monoisotopic (exact) mass is 290 g/mol. The van der Waals surface area contributed by atoms with Gasteiger partial charge in [-0.2, -0.15) is 0 Å². The smallest absolute Gasteiger partial charge is 0.271 e. The number of halogens is 1. The van der Waals surface area contributed by atoms with Crippen LogP contribution in [0.4, 0.5) is 11.4 Å². The number of rotatable bonds is 4. The quantitative estimate of drug-likeness (QED) is 0.654. The molecule has 0 saturated heterocycles. The van der Waals surface area contributed by atoms with Crippen LogP contribution in [0.15, 0.2) is 42.5 Å². The molecular formula is C15H15ClN2O2. The van der Waals surface area contributed by atoms with Crippen molar-refractivity contribution in [3.05, 3.63) is 68.7 Å². The minimum atomic E-state index is -0.431. The number of anilines is 1. The van der Waals surface area contributed by atoms with Gasteiger partial charge in [-0.25, -0.2) is 0 Å². The molecule has 4 nitrogen and oxygen atoms in total. The molecule has 0 amide bonds. The van der Waals surface area contributed by atoms with Gasteiger partial charge < -0.3 is 5.32 Å². The molecule has 1 atom stereocenters. The zero-order chi connectivity index (χ0) is 14.7. The summed E-state index contributed by atoms with van der Waals surface area (Å²) in [5, 5.41) is 14.5. The van der Waals surface area contributed by atoms with E-state index in [9.17, 15) is 10.1 Å². The Hall–Kier alpha value is -2.07. The molecule has 0 aliphatic carbocycles. The van der Waals surface area contributed by atoms with Gasteiger partial charge in [0, 0.05) is 18.2 Å². The summed E-state index contributed by atoms with van der Waals surface area (Å²) in [7, 11) is 0. The number of non-ortho nitro benzene ring substituents is 1. The van der Waals surface area contributed by atoms with Crippen LogP contribution in [0.3, 0.4) is 0 Å². The van der Waals surface area contributed by atoms with Gasteiger partial charge >= 0.3 is 0 Å². The number of hydrogen-bond donors (Lipinski definition) is 1. The number of hydrogen-bond acceptors (Lipinski definition) is 3. The predicted molar refractivity (Wildman–Crippen MR) is 81.3 cm³/mol. The van der Waals surface area contributed by atoms with Gasteiger partial charge in [-0.1, -0.05) is 35.9 Å². The van der Waals surface area contributed by atoms with Gasteiger partial charge in [-0.15, -0.1) is 0 Å². The second-order valence-electron chi connectivity index (χ2n) is 4.64. The Balaban J connectivity index is 2.28. The summed E-state index contributed by atoms with van der Waals surface area (Å²) in [4.78, 5) is 10.4. The maximum atomic E-state index is 10.8. The topological polar surface area (TPSA) is 55.2 Å². The Kier molecular flexibility index (Phi) is 4.25. The van der Waals surface area contributed by atoms with Crippen molar-refractivity contribution in [2.45, 2.75) is 19.9 Å². The number of nitro benzene ring substituents is 1. The molecule has 0 saturated carbocycles. The van der Waals surface area contributed by atoms with Crippen molar-refractivity contribution in [2.75, 3.05) is 5.32 Å². The highest BCUT2D eigenvalue weighted by Gasteiger charge is 2.13. The van der Waals surface area contributed by atoms with Crippen molar-refractivity contribution >= 4 is 23.0 Å². The van der Waals surface area contributed by atoms with Crippen LogP contribution in [0.5, 0.6) is 0 Å². The third kappa shape index (κ3) is 3.08. The molecule has 0 aliphatic rings. The highest BCUT2D eigenvalue weighted by atomic mass is 35.5. The summed E-state index contributed by atoms with van der Waals surface area (Å²) in [6, 6.07) is 12.4. The van der Waals surface area contributed by atoms with E-state index in [1.54, 1.807) is 0 Å². The fourth-order valence-electron chi connectivity index (χ4n) is 2.12. The van der Waals surface area contributed by atoms with Crippen LogP contribution >= 0.6 is 11.6 Å². The van der Waals surface area contributed by atoms with Crippen molar-refractivity contribution < 1.29 is 4.92 Å². The Morgan fingerprint density at radius 1 is 1.25 bits per heavy atom. The summed E-state index contributed by atoms with van der Waals surface area (Å²) in [5.41, 5.74) is 2.88. The molecule has 0 bridgehead atoms. The van der Waals surface area contributed by atoms with Crippen molar-refractivity contribution in [2.24, 2.45) is 0 Å². The molecule has 0 aromatic heterocycles. The van der Waals surface area contributed by atoms with Crippen LogP contribution in [0, 0.1) is 17.0 Å². The molecule has 0 fully saturated rings. The van der Waals surface area contributed by atoms with Crippen LogP contribution in [0.2, 0.25) is 5.02 Å². The fourth-order valence-corrected chi connectivity index (χ4v) is 2.29. The van der Waals surface area contributed by atoms with E-state index in [1.807, 2.05) is 38.1 Å². The lowest BCUT2D eigenvalue weighted by atomic mass is 10.0. The van der Waals surface area contributed by atoms with Gasteiger partial charge in [0.1, 0.15) is 0 Å². The number of nitrogens with one attached hydrogen (secondary N) is 1. The largest absolute Gasteiger partial charge is 0.377 e. The molecule has 2 rings (SSSR count). The van der Waals surface area contributed by atoms with E-state index in [1.165, 1.54) is 18.2 Å². The third-order valence-electron chi connectivity index (χ3n) is 3.19. The van der Waals surface area contributed by atoms with Crippen molar-refractivity contribution in [1.82, 2.24) is 0 Å². The number of nitrogens with zero attached hydrogens (tertiary/aromatic N) is 1. The molecule has 0 aliphatic heterocycles. The average Bonchev–Trinajstić information content (AvgIpc) is 2.41. The second-order valence-corrected chi connectivity index (χ2v) is 5.05. The van der Waals surface area contributed by atoms with Crippen molar-refractivity contribution in [3.63, 3.8) is 0 Å². The Bertz CT molecular complexity index is 644. The normalized spacial score (nSPS) is 11.9. The van der Waals surface area contributed by atoms with Gasteiger partial charge in [-0.3, -0.25) is 10.1 Å². The van der Waals surface area contributed by atoms with E-state index in [4.69, 9.17) is 11.6 Å². The van der Waals surface area contributed by atoms with Gasteiger partial charge in [0.2, 0.25) is 0 Å². The van der Waals surface area contributed by atoms with Crippen LogP contribution in [-0.4, -0.2) is 4.92 Å². The Morgan fingerprint density at radius 2 is 1.95 bits per heavy atom. The lowest BCUT2D eigenvalue weighted by Crippen LogP contribution is -2.08. The number of benzene rings is 2. The maximum Gasteiger partial charge on any atom is 0.271 e. The van der Waals surface area contributed by atoms with E-state index < -0.39 is 4.92 Å². The minimum absolute atomic E-state index is 0.00991. The molecule has 1 unspecified atom stereocenters. The molecule has 0 spiro atoms. The van der Waals surface area contributed by atoms with Crippen LogP contribution in [0.1, 0.15) is 24.1 Å².